The van der Waals surface area contributed by atoms with Gasteiger partial charge in [0.2, 0.25) is 0 Å². The van der Waals surface area contributed by atoms with Crippen LogP contribution in [0, 0.1) is 5.92 Å². The van der Waals surface area contributed by atoms with Crippen molar-refractivity contribution in [2.45, 2.75) is 26.9 Å². The molecule has 0 spiro atoms. The van der Waals surface area contributed by atoms with E-state index in [1.165, 1.54) is 0 Å². The summed E-state index contributed by atoms with van der Waals surface area (Å²) >= 11 is 5.97. The fourth-order valence-corrected chi connectivity index (χ4v) is 2.75. The molecule has 1 N–H and O–H groups in total. The zero-order chi connectivity index (χ0) is 18.9. The summed E-state index contributed by atoms with van der Waals surface area (Å²) in [7, 11) is 3.76. The van der Waals surface area contributed by atoms with E-state index in [-0.39, 0.29) is 24.0 Å². The number of hydrogen-bond donors (Lipinski definition) is 1. The summed E-state index contributed by atoms with van der Waals surface area (Å²) in [6.07, 6.45) is 3.85. The standard InChI is InChI=1S/C19H28ClN5O.HI/c1-15(2)14-25-9-8-22-18(25)13-23-19(21-3)24(4)10-11-26-17-7-5-6-16(20)12-17;/h5-9,12,15H,10-11,13-14H2,1-4H3,(H,21,23);1H. The molecule has 1 aromatic carbocycles. The largest absolute Gasteiger partial charge is 0.492 e. The minimum Gasteiger partial charge on any atom is -0.492 e. The number of aliphatic imine (C=N–C) groups is 1. The Morgan fingerprint density at radius 3 is 2.85 bits per heavy atom. The highest BCUT2D eigenvalue weighted by Crippen LogP contribution is 2.16. The number of imidazole rings is 1. The normalized spacial score (nSPS) is 11.3. The summed E-state index contributed by atoms with van der Waals surface area (Å²) in [4.78, 5) is 10.8. The summed E-state index contributed by atoms with van der Waals surface area (Å²) in [5.41, 5.74) is 0. The van der Waals surface area contributed by atoms with Gasteiger partial charge < -0.3 is 19.5 Å². The average molecular weight is 506 g/mol. The minimum atomic E-state index is 0. The maximum Gasteiger partial charge on any atom is 0.193 e. The lowest BCUT2D eigenvalue weighted by Crippen LogP contribution is -2.40. The Kier molecular flexibility index (Phi) is 10.5. The lowest BCUT2D eigenvalue weighted by Gasteiger charge is -2.22. The van der Waals surface area contributed by atoms with Crippen molar-refractivity contribution in [2.75, 3.05) is 27.2 Å². The van der Waals surface area contributed by atoms with Gasteiger partial charge in [0.15, 0.2) is 5.96 Å². The Labute approximate surface area is 184 Å². The molecule has 8 heteroatoms. The molecule has 0 unspecified atom stereocenters. The molecule has 0 fully saturated rings. The van der Waals surface area contributed by atoms with Crippen LogP contribution < -0.4 is 10.1 Å². The molecule has 0 aliphatic heterocycles. The molecule has 0 aliphatic rings. The van der Waals surface area contributed by atoms with E-state index in [0.29, 0.717) is 30.6 Å². The number of nitrogens with one attached hydrogen (secondary N) is 1. The quantitative estimate of drug-likeness (QED) is 0.336. The number of halogens is 2. The SMILES string of the molecule is CN=C(NCc1nccn1CC(C)C)N(C)CCOc1cccc(Cl)c1.I. The molecule has 2 aromatic rings. The molecule has 0 bridgehead atoms. The number of ether oxygens (including phenoxy) is 1. The van der Waals surface area contributed by atoms with Crippen LogP contribution in [0.5, 0.6) is 5.75 Å². The third-order valence-electron chi connectivity index (χ3n) is 3.83. The molecule has 0 aliphatic carbocycles. The van der Waals surface area contributed by atoms with Gasteiger partial charge in [0.25, 0.3) is 0 Å². The van der Waals surface area contributed by atoms with E-state index in [2.05, 4.69) is 33.7 Å². The average Bonchev–Trinajstić information content (AvgIpc) is 3.02. The third kappa shape index (κ3) is 7.96. The van der Waals surface area contributed by atoms with Crippen molar-refractivity contribution in [2.24, 2.45) is 10.9 Å². The number of aromatic nitrogens is 2. The highest BCUT2D eigenvalue weighted by atomic mass is 127. The van der Waals surface area contributed by atoms with Gasteiger partial charge >= 0.3 is 0 Å². The van der Waals surface area contributed by atoms with E-state index in [0.717, 1.165) is 24.1 Å². The number of guanidine groups is 1. The van der Waals surface area contributed by atoms with Crippen molar-refractivity contribution in [3.63, 3.8) is 0 Å². The van der Waals surface area contributed by atoms with Gasteiger partial charge in [-0.05, 0) is 24.1 Å². The first-order valence-electron chi connectivity index (χ1n) is 8.79. The number of rotatable bonds is 8. The second kappa shape index (κ2) is 12.1. The van der Waals surface area contributed by atoms with Crippen LogP contribution in [0.2, 0.25) is 5.02 Å². The van der Waals surface area contributed by atoms with Crippen molar-refractivity contribution in [1.82, 2.24) is 19.8 Å². The lowest BCUT2D eigenvalue weighted by atomic mass is 10.2. The minimum absolute atomic E-state index is 0. The summed E-state index contributed by atoms with van der Waals surface area (Å²) in [6.45, 7) is 7.23. The summed E-state index contributed by atoms with van der Waals surface area (Å²) in [6, 6.07) is 7.41. The summed E-state index contributed by atoms with van der Waals surface area (Å²) in [5, 5.41) is 4.03. The molecular weight excluding hydrogens is 477 g/mol. The molecule has 150 valence electrons. The number of benzene rings is 1. The molecule has 0 saturated carbocycles. The molecule has 0 saturated heterocycles. The van der Waals surface area contributed by atoms with Crippen molar-refractivity contribution in [3.05, 3.63) is 47.5 Å². The van der Waals surface area contributed by atoms with Gasteiger partial charge in [0, 0.05) is 38.1 Å². The molecule has 0 atom stereocenters. The van der Waals surface area contributed by atoms with Crippen molar-refractivity contribution in [3.8, 4) is 5.75 Å². The van der Waals surface area contributed by atoms with Gasteiger partial charge in [-0.25, -0.2) is 4.98 Å². The van der Waals surface area contributed by atoms with Crippen LogP contribution in [0.15, 0.2) is 41.7 Å². The van der Waals surface area contributed by atoms with Crippen LogP contribution in [-0.4, -0.2) is 47.7 Å². The molecule has 1 aromatic heterocycles. The highest BCUT2D eigenvalue weighted by Gasteiger charge is 2.09. The summed E-state index contributed by atoms with van der Waals surface area (Å²) in [5.74, 6) is 3.15. The van der Waals surface area contributed by atoms with Gasteiger partial charge in [-0.1, -0.05) is 31.5 Å². The first kappa shape index (κ1) is 23.6. The predicted octanol–water partition coefficient (Wildman–Crippen LogP) is 3.90. The Morgan fingerprint density at radius 1 is 1.41 bits per heavy atom. The van der Waals surface area contributed by atoms with Crippen LogP contribution in [-0.2, 0) is 13.1 Å². The fraction of sp³-hybridized carbons (Fsp3) is 0.474. The monoisotopic (exact) mass is 505 g/mol. The molecule has 0 radical (unpaired) electrons. The summed E-state index contributed by atoms with van der Waals surface area (Å²) < 4.78 is 7.91. The lowest BCUT2D eigenvalue weighted by molar-refractivity contribution is 0.281. The maximum atomic E-state index is 5.97. The fourth-order valence-electron chi connectivity index (χ4n) is 2.57. The van der Waals surface area contributed by atoms with Crippen LogP contribution in [0.3, 0.4) is 0 Å². The van der Waals surface area contributed by atoms with Gasteiger partial charge in [0.1, 0.15) is 18.2 Å². The van der Waals surface area contributed by atoms with Gasteiger partial charge in [-0.15, -0.1) is 24.0 Å². The zero-order valence-electron chi connectivity index (χ0n) is 16.4. The van der Waals surface area contributed by atoms with E-state index < -0.39 is 0 Å². The van der Waals surface area contributed by atoms with Crippen molar-refractivity contribution >= 4 is 41.5 Å². The molecule has 27 heavy (non-hydrogen) atoms. The molecule has 0 amide bonds. The number of nitrogens with zero attached hydrogens (tertiary/aromatic N) is 4. The van der Waals surface area contributed by atoms with Crippen molar-refractivity contribution < 1.29 is 4.74 Å². The van der Waals surface area contributed by atoms with Gasteiger partial charge in [-0.3, -0.25) is 4.99 Å². The third-order valence-corrected chi connectivity index (χ3v) is 4.07. The van der Waals surface area contributed by atoms with Gasteiger partial charge in [0.05, 0.1) is 13.1 Å². The van der Waals surface area contributed by atoms with Crippen molar-refractivity contribution in [1.29, 1.82) is 0 Å². The Hall–Kier alpha value is -1.48. The topological polar surface area (TPSA) is 54.7 Å². The molecule has 1 heterocycles. The van der Waals surface area contributed by atoms with Crippen LogP contribution in [0.4, 0.5) is 0 Å². The van der Waals surface area contributed by atoms with E-state index in [1.807, 2.05) is 48.6 Å². The Morgan fingerprint density at radius 2 is 2.19 bits per heavy atom. The Balaban J connectivity index is 0.00000364. The zero-order valence-corrected chi connectivity index (χ0v) is 19.4. The van der Waals surface area contributed by atoms with E-state index in [4.69, 9.17) is 16.3 Å². The van der Waals surface area contributed by atoms with E-state index in [1.54, 1.807) is 7.05 Å². The van der Waals surface area contributed by atoms with E-state index >= 15 is 0 Å². The molecular formula is C19H29ClIN5O. The molecule has 2 rings (SSSR count). The van der Waals surface area contributed by atoms with Gasteiger partial charge in [-0.2, -0.15) is 0 Å². The smallest absolute Gasteiger partial charge is 0.193 e. The first-order valence-corrected chi connectivity index (χ1v) is 9.17. The van der Waals surface area contributed by atoms with Crippen LogP contribution in [0.25, 0.3) is 0 Å². The van der Waals surface area contributed by atoms with E-state index in [9.17, 15) is 0 Å². The highest BCUT2D eigenvalue weighted by molar-refractivity contribution is 14.0. The predicted molar refractivity (Wildman–Crippen MR) is 122 cm³/mol. The second-order valence-corrected chi connectivity index (χ2v) is 6.95. The molecule has 6 nitrogen and oxygen atoms in total. The maximum absolute atomic E-state index is 5.97. The van der Waals surface area contributed by atoms with Crippen LogP contribution in [0.1, 0.15) is 19.7 Å². The number of likely N-dealkylation sites (N-methyl/N-ethyl adjacent to an activating group) is 1. The first-order chi connectivity index (χ1) is 12.5. The number of hydrogen-bond acceptors (Lipinski definition) is 3. The Bertz CT molecular complexity index is 720. The van der Waals surface area contributed by atoms with Crippen LogP contribution >= 0.6 is 35.6 Å². The second-order valence-electron chi connectivity index (χ2n) is 6.52.